The molecule has 5 heteroatoms. The normalized spacial score (nSPS) is 14.9. The minimum Gasteiger partial charge on any atom is -0.398 e. The van der Waals surface area contributed by atoms with Gasteiger partial charge in [-0.1, -0.05) is 17.7 Å². The molecule has 0 heterocycles. The van der Waals surface area contributed by atoms with E-state index in [1.807, 2.05) is 0 Å². The van der Waals surface area contributed by atoms with Gasteiger partial charge in [0.1, 0.15) is 6.10 Å². The predicted molar refractivity (Wildman–Crippen MR) is 60.5 cm³/mol. The molecule has 2 atom stereocenters. The number of rotatable bonds is 4. The van der Waals surface area contributed by atoms with E-state index in [2.05, 4.69) is 0 Å². The van der Waals surface area contributed by atoms with Crippen LogP contribution < -0.4 is 11.5 Å². The summed E-state index contributed by atoms with van der Waals surface area (Å²) in [7, 11) is 0. The molecule has 1 aromatic rings. The highest BCUT2D eigenvalue weighted by Crippen LogP contribution is 2.25. The molecule has 0 fully saturated rings. The van der Waals surface area contributed by atoms with Crippen LogP contribution in [-0.2, 0) is 0 Å². The molecular formula is C10H15ClN2O2. The number of hydrogen-bond acceptors (Lipinski definition) is 4. The number of aliphatic hydroxyl groups is 2. The summed E-state index contributed by atoms with van der Waals surface area (Å²) in [6, 6.07) is 4.77. The molecule has 0 aliphatic heterocycles. The third kappa shape index (κ3) is 3.07. The van der Waals surface area contributed by atoms with Crippen molar-refractivity contribution in [3.8, 4) is 0 Å². The molecule has 0 bridgehead atoms. The van der Waals surface area contributed by atoms with Crippen molar-refractivity contribution < 1.29 is 10.2 Å². The Morgan fingerprint density at radius 3 is 2.53 bits per heavy atom. The van der Waals surface area contributed by atoms with Crippen molar-refractivity contribution in [1.29, 1.82) is 0 Å². The summed E-state index contributed by atoms with van der Waals surface area (Å²) in [6.07, 6.45) is -1.52. The molecule has 0 aliphatic rings. The highest BCUT2D eigenvalue weighted by molar-refractivity contribution is 6.33. The Hall–Kier alpha value is -0.810. The lowest BCUT2D eigenvalue weighted by Gasteiger charge is -2.17. The van der Waals surface area contributed by atoms with E-state index in [0.29, 0.717) is 29.2 Å². The summed E-state index contributed by atoms with van der Waals surface area (Å²) in [4.78, 5) is 0. The molecular weight excluding hydrogens is 216 g/mol. The molecule has 0 saturated heterocycles. The van der Waals surface area contributed by atoms with Gasteiger partial charge in [-0.3, -0.25) is 0 Å². The Morgan fingerprint density at radius 1 is 1.33 bits per heavy atom. The number of halogens is 1. The van der Waals surface area contributed by atoms with E-state index in [1.54, 1.807) is 18.2 Å². The third-order valence-corrected chi connectivity index (χ3v) is 2.52. The van der Waals surface area contributed by atoms with Crippen LogP contribution in [0.15, 0.2) is 18.2 Å². The van der Waals surface area contributed by atoms with Gasteiger partial charge in [-0.2, -0.15) is 0 Å². The second-order valence-electron chi connectivity index (χ2n) is 3.37. The van der Waals surface area contributed by atoms with Crippen LogP contribution in [0, 0.1) is 0 Å². The van der Waals surface area contributed by atoms with Gasteiger partial charge >= 0.3 is 0 Å². The second kappa shape index (κ2) is 5.32. The van der Waals surface area contributed by atoms with Crippen LogP contribution >= 0.6 is 11.6 Å². The smallest absolute Gasteiger partial charge is 0.105 e. The Kier molecular flexibility index (Phi) is 4.35. The largest absolute Gasteiger partial charge is 0.398 e. The highest BCUT2D eigenvalue weighted by atomic mass is 35.5. The maximum absolute atomic E-state index is 9.73. The van der Waals surface area contributed by atoms with Gasteiger partial charge in [0.05, 0.1) is 16.8 Å². The topological polar surface area (TPSA) is 92.5 Å². The van der Waals surface area contributed by atoms with Gasteiger partial charge in [-0.05, 0) is 30.7 Å². The summed E-state index contributed by atoms with van der Waals surface area (Å²) in [6.45, 7) is 0.320. The van der Waals surface area contributed by atoms with E-state index in [9.17, 15) is 10.2 Å². The zero-order valence-electron chi connectivity index (χ0n) is 8.23. The van der Waals surface area contributed by atoms with Crippen molar-refractivity contribution in [2.75, 3.05) is 12.3 Å². The molecule has 0 spiro atoms. The average Bonchev–Trinajstić information content (AvgIpc) is 2.21. The number of benzene rings is 1. The zero-order chi connectivity index (χ0) is 11.4. The Labute approximate surface area is 93.5 Å². The molecule has 4 nitrogen and oxygen atoms in total. The monoisotopic (exact) mass is 230 g/mol. The van der Waals surface area contributed by atoms with Crippen LogP contribution in [0.1, 0.15) is 18.1 Å². The Balaban J connectivity index is 2.81. The first kappa shape index (κ1) is 12.3. The van der Waals surface area contributed by atoms with E-state index in [0.717, 1.165) is 0 Å². The predicted octanol–water partition coefficient (Wildman–Crippen LogP) is 0.665. The molecule has 0 amide bonds. The van der Waals surface area contributed by atoms with Crippen molar-refractivity contribution in [3.05, 3.63) is 28.8 Å². The lowest BCUT2D eigenvalue weighted by molar-refractivity contribution is 0.0150. The van der Waals surface area contributed by atoms with Crippen LogP contribution in [-0.4, -0.2) is 22.9 Å². The molecule has 0 saturated carbocycles. The average molecular weight is 231 g/mol. The maximum atomic E-state index is 9.73. The molecule has 0 aromatic heterocycles. The van der Waals surface area contributed by atoms with E-state index in [4.69, 9.17) is 23.1 Å². The highest BCUT2D eigenvalue weighted by Gasteiger charge is 2.17. The van der Waals surface area contributed by atoms with Gasteiger partial charge in [0, 0.05) is 0 Å². The molecule has 6 N–H and O–H groups in total. The molecule has 2 unspecified atom stereocenters. The number of nitrogen functional groups attached to an aromatic ring is 1. The lowest BCUT2D eigenvalue weighted by atomic mass is 10.0. The van der Waals surface area contributed by atoms with Crippen LogP contribution in [0.5, 0.6) is 0 Å². The van der Waals surface area contributed by atoms with Gasteiger partial charge in [0.25, 0.3) is 0 Å². The maximum Gasteiger partial charge on any atom is 0.105 e. The molecule has 1 aromatic carbocycles. The van der Waals surface area contributed by atoms with Crippen molar-refractivity contribution in [2.45, 2.75) is 18.6 Å². The first-order chi connectivity index (χ1) is 7.06. The summed E-state index contributed by atoms with van der Waals surface area (Å²) in [5.74, 6) is 0. The van der Waals surface area contributed by atoms with Gasteiger partial charge in [0.2, 0.25) is 0 Å². The van der Waals surface area contributed by atoms with Crippen molar-refractivity contribution in [1.82, 2.24) is 0 Å². The second-order valence-corrected chi connectivity index (χ2v) is 3.78. The fraction of sp³-hybridized carbons (Fsp3) is 0.400. The molecule has 0 aliphatic carbocycles. The first-order valence-electron chi connectivity index (χ1n) is 4.67. The standard InChI is InChI=1S/C10H15ClN2O2/c11-7-5-6(1-2-8(7)13)10(15)9(14)3-4-12/h1-2,5,9-10,14-15H,3-4,12-13H2. The Morgan fingerprint density at radius 2 is 2.00 bits per heavy atom. The van der Waals surface area contributed by atoms with E-state index in [1.165, 1.54) is 0 Å². The van der Waals surface area contributed by atoms with Gasteiger partial charge in [0.15, 0.2) is 0 Å². The van der Waals surface area contributed by atoms with Crippen LogP contribution in [0.2, 0.25) is 5.02 Å². The number of nitrogens with two attached hydrogens (primary N) is 2. The van der Waals surface area contributed by atoms with E-state index in [-0.39, 0.29) is 0 Å². The summed E-state index contributed by atoms with van der Waals surface area (Å²) >= 11 is 5.80. The molecule has 84 valence electrons. The lowest BCUT2D eigenvalue weighted by Crippen LogP contribution is -2.21. The quantitative estimate of drug-likeness (QED) is 0.572. The summed E-state index contributed by atoms with van der Waals surface area (Å²) in [5.41, 5.74) is 11.8. The van der Waals surface area contributed by atoms with Crippen molar-refractivity contribution >= 4 is 17.3 Å². The van der Waals surface area contributed by atoms with Crippen LogP contribution in [0.4, 0.5) is 5.69 Å². The molecule has 0 radical (unpaired) electrons. The number of aliphatic hydroxyl groups excluding tert-OH is 2. The number of anilines is 1. The van der Waals surface area contributed by atoms with Crippen molar-refractivity contribution in [2.24, 2.45) is 5.73 Å². The van der Waals surface area contributed by atoms with Gasteiger partial charge < -0.3 is 21.7 Å². The van der Waals surface area contributed by atoms with Crippen LogP contribution in [0.3, 0.4) is 0 Å². The zero-order valence-corrected chi connectivity index (χ0v) is 8.98. The van der Waals surface area contributed by atoms with E-state index >= 15 is 0 Å². The molecule has 15 heavy (non-hydrogen) atoms. The van der Waals surface area contributed by atoms with Crippen LogP contribution in [0.25, 0.3) is 0 Å². The van der Waals surface area contributed by atoms with Gasteiger partial charge in [-0.15, -0.1) is 0 Å². The first-order valence-corrected chi connectivity index (χ1v) is 5.05. The minimum absolute atomic E-state index is 0.320. The van der Waals surface area contributed by atoms with E-state index < -0.39 is 12.2 Å². The number of hydrogen-bond donors (Lipinski definition) is 4. The summed E-state index contributed by atoms with van der Waals surface area (Å²) < 4.78 is 0. The fourth-order valence-corrected chi connectivity index (χ4v) is 1.47. The van der Waals surface area contributed by atoms with Gasteiger partial charge in [-0.25, -0.2) is 0 Å². The Bertz CT molecular complexity index is 333. The summed E-state index contributed by atoms with van der Waals surface area (Å²) in [5, 5.41) is 19.6. The fourth-order valence-electron chi connectivity index (χ4n) is 1.28. The minimum atomic E-state index is -0.980. The SMILES string of the molecule is NCCC(O)C(O)c1ccc(N)c(Cl)c1. The van der Waals surface area contributed by atoms with Crippen molar-refractivity contribution in [3.63, 3.8) is 0 Å². The molecule has 1 rings (SSSR count). The third-order valence-electron chi connectivity index (χ3n) is 2.19.